The largest absolute Gasteiger partial charge is 0.345 e. The molecular formula is C35H65NP+. The van der Waals surface area contributed by atoms with Gasteiger partial charge in [0.15, 0.2) is 0 Å². The zero-order valence-corrected chi connectivity index (χ0v) is 28.2. The van der Waals surface area contributed by atoms with Gasteiger partial charge in [-0.25, -0.2) is 0 Å². The summed E-state index contributed by atoms with van der Waals surface area (Å²) >= 11 is 0. The lowest BCUT2D eigenvalue weighted by atomic mass is 9.76. The fraction of sp³-hybridized carbons (Fsp3) is 0.714. The van der Waals surface area contributed by atoms with Crippen LogP contribution >= 0.6 is 7.26 Å². The molecule has 0 aromatic heterocycles. The van der Waals surface area contributed by atoms with Gasteiger partial charge in [0, 0.05) is 24.6 Å². The fourth-order valence-electron chi connectivity index (χ4n) is 5.38. The predicted octanol–water partition coefficient (Wildman–Crippen LogP) is 11.9. The van der Waals surface area contributed by atoms with Gasteiger partial charge >= 0.3 is 0 Å². The molecule has 1 nitrogen and oxygen atoms in total. The van der Waals surface area contributed by atoms with Crippen LogP contribution in [-0.4, -0.2) is 29.9 Å². The van der Waals surface area contributed by atoms with E-state index < -0.39 is 7.26 Å². The monoisotopic (exact) mass is 530 g/mol. The fourth-order valence-corrected chi connectivity index (χ4v) is 8.62. The standard InChI is InChI=1S/C35H65NP/c1-17-19-21-23-28(7)31(10)36(34(27(5)6)24-22-20-18-2)25-29(8)32(11)37(15,16)33(12)35(13,14)30(9)26(3)4/h25,28,30,32,34H,3,5,10,12,17-24H2,1-2,4,6-9,11,13-16H3/q+1/b29-25+. The van der Waals surface area contributed by atoms with Gasteiger partial charge in [0.1, 0.15) is 0 Å². The second kappa shape index (κ2) is 16.1. The van der Waals surface area contributed by atoms with Crippen LogP contribution in [-0.2, 0) is 0 Å². The molecule has 0 aromatic rings. The molecule has 4 unspecified atom stereocenters. The molecule has 37 heavy (non-hydrogen) atoms. The maximum absolute atomic E-state index is 4.74. The highest BCUT2D eigenvalue weighted by atomic mass is 31.2. The van der Waals surface area contributed by atoms with E-state index in [-0.39, 0.29) is 5.41 Å². The van der Waals surface area contributed by atoms with Crippen LogP contribution in [0, 0.1) is 17.3 Å². The lowest BCUT2D eigenvalue weighted by Crippen LogP contribution is -2.34. The summed E-state index contributed by atoms with van der Waals surface area (Å²) < 4.78 is 0. The van der Waals surface area contributed by atoms with E-state index in [1.165, 1.54) is 72.7 Å². The molecule has 0 N–H and O–H groups in total. The Morgan fingerprint density at radius 2 is 1.30 bits per heavy atom. The van der Waals surface area contributed by atoms with Gasteiger partial charge in [-0.1, -0.05) is 118 Å². The van der Waals surface area contributed by atoms with Gasteiger partial charge in [-0.2, -0.15) is 0 Å². The number of allylic oxidation sites excluding steroid dienone is 4. The number of nitrogens with zero attached hydrogens (tertiary/aromatic N) is 1. The quantitative estimate of drug-likeness (QED) is 0.0911. The normalized spacial score (nSPS) is 16.1. The second-order valence-corrected chi connectivity index (χ2v) is 17.4. The van der Waals surface area contributed by atoms with E-state index in [4.69, 9.17) is 6.58 Å². The van der Waals surface area contributed by atoms with Crippen LogP contribution in [0.3, 0.4) is 0 Å². The maximum atomic E-state index is 4.74. The first kappa shape index (κ1) is 35.9. The van der Waals surface area contributed by atoms with Crippen molar-refractivity contribution in [2.75, 3.05) is 13.3 Å². The van der Waals surface area contributed by atoms with E-state index in [1.807, 2.05) is 0 Å². The first-order chi connectivity index (χ1) is 17.0. The van der Waals surface area contributed by atoms with Crippen molar-refractivity contribution in [1.82, 2.24) is 4.90 Å². The van der Waals surface area contributed by atoms with Crippen molar-refractivity contribution in [2.45, 2.75) is 132 Å². The molecule has 0 saturated carbocycles. The van der Waals surface area contributed by atoms with E-state index in [2.05, 4.69) is 113 Å². The molecule has 2 heteroatoms. The van der Waals surface area contributed by atoms with E-state index in [0.29, 0.717) is 23.5 Å². The summed E-state index contributed by atoms with van der Waals surface area (Å²) in [5.41, 5.74) is 5.63. The van der Waals surface area contributed by atoms with Crippen LogP contribution in [0.25, 0.3) is 0 Å². The third-order valence-electron chi connectivity index (χ3n) is 9.36. The van der Waals surface area contributed by atoms with Gasteiger partial charge in [-0.3, -0.25) is 0 Å². The predicted molar refractivity (Wildman–Crippen MR) is 176 cm³/mol. The Morgan fingerprint density at radius 1 is 0.811 bits per heavy atom. The highest BCUT2D eigenvalue weighted by molar-refractivity contribution is 7.79. The highest BCUT2D eigenvalue weighted by Gasteiger charge is 2.46. The van der Waals surface area contributed by atoms with E-state index in [1.54, 1.807) is 0 Å². The van der Waals surface area contributed by atoms with Crippen molar-refractivity contribution in [1.29, 1.82) is 0 Å². The van der Waals surface area contributed by atoms with Gasteiger partial charge < -0.3 is 4.90 Å². The summed E-state index contributed by atoms with van der Waals surface area (Å²) in [6.45, 7) is 46.1. The van der Waals surface area contributed by atoms with Gasteiger partial charge in [-0.15, -0.1) is 0 Å². The van der Waals surface area contributed by atoms with Gasteiger partial charge in [-0.05, 0) is 57.9 Å². The Hall–Kier alpha value is -1.07. The molecule has 0 amide bonds. The van der Waals surface area contributed by atoms with Crippen molar-refractivity contribution < 1.29 is 0 Å². The molecule has 4 atom stereocenters. The smallest absolute Gasteiger partial charge is 0.0930 e. The molecule has 0 spiro atoms. The summed E-state index contributed by atoms with van der Waals surface area (Å²) in [5, 5.41) is 1.41. The third-order valence-corrected chi connectivity index (χ3v) is 13.7. The Morgan fingerprint density at radius 3 is 1.73 bits per heavy atom. The van der Waals surface area contributed by atoms with Crippen LogP contribution in [0.2, 0.25) is 0 Å². The second-order valence-electron chi connectivity index (χ2n) is 13.0. The van der Waals surface area contributed by atoms with Crippen molar-refractivity contribution in [3.63, 3.8) is 0 Å². The molecule has 0 bridgehead atoms. The minimum Gasteiger partial charge on any atom is -0.345 e. The molecule has 0 radical (unpaired) electrons. The number of unbranched alkanes of at least 4 members (excludes halogenated alkanes) is 4. The van der Waals surface area contributed by atoms with E-state index in [0.717, 1.165) is 6.42 Å². The molecular weight excluding hydrogens is 465 g/mol. The van der Waals surface area contributed by atoms with Crippen molar-refractivity contribution in [3.05, 3.63) is 60.2 Å². The minimum atomic E-state index is -1.49. The van der Waals surface area contributed by atoms with E-state index in [9.17, 15) is 0 Å². The molecule has 0 heterocycles. The van der Waals surface area contributed by atoms with Crippen molar-refractivity contribution in [2.24, 2.45) is 17.3 Å². The molecule has 0 rings (SSSR count). The van der Waals surface area contributed by atoms with Crippen molar-refractivity contribution in [3.8, 4) is 0 Å². The van der Waals surface area contributed by atoms with Crippen LogP contribution in [0.1, 0.15) is 121 Å². The number of rotatable bonds is 19. The molecule has 0 fully saturated rings. The first-order valence-corrected chi connectivity index (χ1v) is 17.7. The van der Waals surface area contributed by atoms with Gasteiger partial charge in [0.05, 0.1) is 30.3 Å². The van der Waals surface area contributed by atoms with Crippen molar-refractivity contribution >= 4 is 7.26 Å². The Kier molecular flexibility index (Phi) is 15.7. The van der Waals surface area contributed by atoms with Gasteiger partial charge in [0.25, 0.3) is 0 Å². The van der Waals surface area contributed by atoms with Crippen LogP contribution in [0.4, 0.5) is 0 Å². The Labute approximate surface area is 235 Å². The Balaban J connectivity index is 6.33. The zero-order valence-electron chi connectivity index (χ0n) is 27.3. The molecule has 0 aliphatic rings. The Bertz CT molecular complexity index is 796. The summed E-state index contributed by atoms with van der Waals surface area (Å²) in [6, 6.07) is 0.305. The first-order valence-electron chi connectivity index (χ1n) is 15.0. The molecule has 0 aromatic carbocycles. The summed E-state index contributed by atoms with van der Waals surface area (Å²) in [4.78, 5) is 2.52. The van der Waals surface area contributed by atoms with E-state index >= 15 is 0 Å². The average molecular weight is 531 g/mol. The highest BCUT2D eigenvalue weighted by Crippen LogP contribution is 2.70. The summed E-state index contributed by atoms with van der Waals surface area (Å²) in [6.07, 6.45) is 12.3. The zero-order chi connectivity index (χ0) is 29.1. The average Bonchev–Trinajstić information content (AvgIpc) is 2.83. The molecule has 214 valence electrons. The van der Waals surface area contributed by atoms with Crippen LogP contribution in [0.15, 0.2) is 60.2 Å². The minimum absolute atomic E-state index is 0.0229. The lowest BCUT2D eigenvalue weighted by molar-refractivity contribution is 0.308. The lowest BCUT2D eigenvalue weighted by Gasteiger charge is -2.41. The molecule has 0 aliphatic heterocycles. The van der Waals surface area contributed by atoms with Crippen LogP contribution < -0.4 is 0 Å². The molecule has 0 aliphatic carbocycles. The van der Waals surface area contributed by atoms with Crippen LogP contribution in [0.5, 0.6) is 0 Å². The summed E-state index contributed by atoms with van der Waals surface area (Å²) in [5.74, 6) is 0.870. The maximum Gasteiger partial charge on any atom is 0.0930 e. The summed E-state index contributed by atoms with van der Waals surface area (Å²) in [7, 11) is -1.49. The van der Waals surface area contributed by atoms with Gasteiger partial charge in [0.2, 0.25) is 0 Å². The SMILES string of the molecule is C=C(C)C(CCCCC)N(/C=C(\C)C(C)[P+](C)(C)C(=C)C(C)(C)C(C)C(=C)C)C(=C)C(C)CCCCC. The number of hydrogen-bond donors (Lipinski definition) is 0. The third kappa shape index (κ3) is 10.2. The number of hydrogen-bond acceptors (Lipinski definition) is 1. The molecule has 0 saturated heterocycles. The topological polar surface area (TPSA) is 3.24 Å².